The average Bonchev–Trinajstić information content (AvgIpc) is 2.99. The lowest BCUT2D eigenvalue weighted by atomic mass is 9.98. The van der Waals surface area contributed by atoms with Crippen LogP contribution in [0.3, 0.4) is 0 Å². The van der Waals surface area contributed by atoms with Crippen molar-refractivity contribution in [3.05, 3.63) is 24.0 Å². The van der Waals surface area contributed by atoms with Crippen molar-refractivity contribution >= 4 is 5.97 Å². The summed E-state index contributed by atoms with van der Waals surface area (Å²) in [6.07, 6.45) is 6.43. The summed E-state index contributed by atoms with van der Waals surface area (Å²) in [6.45, 7) is 5.06. The van der Waals surface area contributed by atoms with Crippen molar-refractivity contribution < 1.29 is 14.6 Å². The van der Waals surface area contributed by atoms with Gasteiger partial charge in [0.15, 0.2) is 0 Å². The van der Waals surface area contributed by atoms with Crippen molar-refractivity contribution in [1.29, 1.82) is 0 Å². The van der Waals surface area contributed by atoms with Crippen LogP contribution in [0.25, 0.3) is 0 Å². The highest BCUT2D eigenvalue weighted by molar-refractivity contribution is 5.85. The fourth-order valence-corrected chi connectivity index (χ4v) is 3.59. The molecule has 1 aromatic heterocycles. The van der Waals surface area contributed by atoms with Crippen LogP contribution < -0.4 is 0 Å². The Hall–Kier alpha value is -1.33. The normalized spacial score (nSPS) is 25.0. The van der Waals surface area contributed by atoms with Crippen LogP contribution in [0.5, 0.6) is 0 Å². The SMILES string of the molecule is O=C(O)c1cccn1C1CCN(CC2CCCOC2)CC1. The van der Waals surface area contributed by atoms with Crippen molar-refractivity contribution in [2.45, 2.75) is 31.7 Å². The van der Waals surface area contributed by atoms with E-state index in [9.17, 15) is 9.90 Å². The number of ether oxygens (including phenoxy) is 1. The summed E-state index contributed by atoms with van der Waals surface area (Å²) in [5.41, 5.74) is 0.411. The van der Waals surface area contributed by atoms with E-state index in [1.807, 2.05) is 16.8 Å². The maximum atomic E-state index is 11.2. The third-order valence-electron chi connectivity index (χ3n) is 4.72. The van der Waals surface area contributed by atoms with Crippen molar-refractivity contribution in [3.63, 3.8) is 0 Å². The van der Waals surface area contributed by atoms with Crippen molar-refractivity contribution in [3.8, 4) is 0 Å². The molecule has 5 nitrogen and oxygen atoms in total. The van der Waals surface area contributed by atoms with Gasteiger partial charge in [-0.2, -0.15) is 0 Å². The molecule has 0 saturated carbocycles. The molecule has 2 aliphatic rings. The minimum Gasteiger partial charge on any atom is -0.477 e. The van der Waals surface area contributed by atoms with Crippen LogP contribution in [0.1, 0.15) is 42.2 Å². The second kappa shape index (κ2) is 6.62. The third kappa shape index (κ3) is 3.47. The van der Waals surface area contributed by atoms with Gasteiger partial charge in [-0.15, -0.1) is 0 Å². The predicted octanol–water partition coefficient (Wildman–Crippen LogP) is 2.25. The molecule has 2 aliphatic heterocycles. The Morgan fingerprint density at radius 2 is 2.14 bits per heavy atom. The zero-order valence-corrected chi connectivity index (χ0v) is 12.4. The van der Waals surface area contributed by atoms with Crippen LogP contribution in [0.15, 0.2) is 18.3 Å². The van der Waals surface area contributed by atoms with E-state index in [0.717, 1.165) is 45.7 Å². The molecule has 0 radical (unpaired) electrons. The van der Waals surface area contributed by atoms with E-state index in [4.69, 9.17) is 4.74 Å². The van der Waals surface area contributed by atoms with Crippen LogP contribution in [-0.2, 0) is 4.74 Å². The summed E-state index contributed by atoms with van der Waals surface area (Å²) in [6, 6.07) is 3.84. The maximum Gasteiger partial charge on any atom is 0.352 e. The number of hydrogen-bond donors (Lipinski definition) is 1. The van der Waals surface area contributed by atoms with Gasteiger partial charge in [-0.05, 0) is 43.7 Å². The van der Waals surface area contributed by atoms with E-state index in [1.165, 1.54) is 12.8 Å². The number of carbonyl (C=O) groups is 1. The van der Waals surface area contributed by atoms with E-state index in [2.05, 4.69) is 4.90 Å². The molecule has 1 aromatic rings. The van der Waals surface area contributed by atoms with Gasteiger partial charge in [0.25, 0.3) is 0 Å². The van der Waals surface area contributed by atoms with Crippen LogP contribution in [0.2, 0.25) is 0 Å². The first kappa shape index (κ1) is 14.6. The van der Waals surface area contributed by atoms with E-state index in [-0.39, 0.29) is 0 Å². The number of aromatic carboxylic acids is 1. The van der Waals surface area contributed by atoms with Gasteiger partial charge in [-0.25, -0.2) is 4.79 Å². The number of hydrogen-bond acceptors (Lipinski definition) is 3. The van der Waals surface area contributed by atoms with Crippen LogP contribution in [0, 0.1) is 5.92 Å². The van der Waals surface area contributed by atoms with Crippen molar-refractivity contribution in [2.75, 3.05) is 32.8 Å². The van der Waals surface area contributed by atoms with Gasteiger partial charge in [0, 0.05) is 38.5 Å². The second-order valence-corrected chi connectivity index (χ2v) is 6.22. The molecule has 2 fully saturated rings. The minimum atomic E-state index is -0.832. The summed E-state index contributed by atoms with van der Waals surface area (Å²) >= 11 is 0. The number of likely N-dealkylation sites (tertiary alicyclic amines) is 1. The number of aromatic nitrogens is 1. The molecule has 1 N–H and O–H groups in total. The van der Waals surface area contributed by atoms with Crippen molar-refractivity contribution in [2.24, 2.45) is 5.92 Å². The van der Waals surface area contributed by atoms with Gasteiger partial charge in [-0.3, -0.25) is 0 Å². The summed E-state index contributed by atoms with van der Waals surface area (Å²) < 4.78 is 7.48. The highest BCUT2D eigenvalue weighted by Crippen LogP contribution is 2.26. The summed E-state index contributed by atoms with van der Waals surface area (Å²) in [4.78, 5) is 13.7. The Morgan fingerprint density at radius 1 is 1.33 bits per heavy atom. The Morgan fingerprint density at radius 3 is 2.81 bits per heavy atom. The zero-order chi connectivity index (χ0) is 14.7. The molecule has 0 aromatic carbocycles. The zero-order valence-electron chi connectivity index (χ0n) is 12.4. The molecular weight excluding hydrogens is 268 g/mol. The number of rotatable bonds is 4. The molecule has 21 heavy (non-hydrogen) atoms. The first-order valence-electron chi connectivity index (χ1n) is 7.94. The monoisotopic (exact) mass is 292 g/mol. The third-order valence-corrected chi connectivity index (χ3v) is 4.72. The molecule has 0 aliphatic carbocycles. The summed E-state index contributed by atoms with van der Waals surface area (Å²) in [5, 5.41) is 9.21. The molecule has 1 atom stereocenters. The average molecular weight is 292 g/mol. The fourth-order valence-electron chi connectivity index (χ4n) is 3.59. The van der Waals surface area contributed by atoms with E-state index < -0.39 is 5.97 Å². The molecule has 1 unspecified atom stereocenters. The van der Waals surface area contributed by atoms with Gasteiger partial charge in [0.1, 0.15) is 5.69 Å². The molecule has 3 heterocycles. The van der Waals surface area contributed by atoms with E-state index in [0.29, 0.717) is 17.7 Å². The minimum absolute atomic E-state index is 0.324. The van der Waals surface area contributed by atoms with Crippen LogP contribution >= 0.6 is 0 Å². The van der Waals surface area contributed by atoms with Crippen LogP contribution in [0.4, 0.5) is 0 Å². The molecular formula is C16H24N2O3. The van der Waals surface area contributed by atoms with Crippen LogP contribution in [-0.4, -0.2) is 53.4 Å². The number of nitrogens with zero attached hydrogens (tertiary/aromatic N) is 2. The largest absolute Gasteiger partial charge is 0.477 e. The predicted molar refractivity (Wildman–Crippen MR) is 79.6 cm³/mol. The maximum absolute atomic E-state index is 11.2. The van der Waals surface area contributed by atoms with Gasteiger partial charge in [0.2, 0.25) is 0 Å². The van der Waals surface area contributed by atoms with Gasteiger partial charge < -0.3 is 19.3 Å². The number of carboxylic acid groups (broad SMARTS) is 1. The molecule has 5 heteroatoms. The Balaban J connectivity index is 1.52. The molecule has 0 spiro atoms. The van der Waals surface area contributed by atoms with Gasteiger partial charge >= 0.3 is 5.97 Å². The smallest absolute Gasteiger partial charge is 0.352 e. The van der Waals surface area contributed by atoms with Gasteiger partial charge in [-0.1, -0.05) is 0 Å². The highest BCUT2D eigenvalue weighted by atomic mass is 16.5. The Labute approximate surface area is 125 Å². The van der Waals surface area contributed by atoms with E-state index in [1.54, 1.807) is 6.07 Å². The molecule has 3 rings (SSSR count). The second-order valence-electron chi connectivity index (χ2n) is 6.22. The van der Waals surface area contributed by atoms with E-state index >= 15 is 0 Å². The quantitative estimate of drug-likeness (QED) is 0.925. The highest BCUT2D eigenvalue weighted by Gasteiger charge is 2.25. The summed E-state index contributed by atoms with van der Waals surface area (Å²) in [5.74, 6) is -0.154. The first-order chi connectivity index (χ1) is 10.2. The Kier molecular flexibility index (Phi) is 4.60. The summed E-state index contributed by atoms with van der Waals surface area (Å²) in [7, 11) is 0. The first-order valence-corrected chi connectivity index (χ1v) is 7.94. The molecule has 0 amide bonds. The van der Waals surface area contributed by atoms with Gasteiger partial charge in [0.05, 0.1) is 6.61 Å². The lowest BCUT2D eigenvalue weighted by Gasteiger charge is -2.36. The molecule has 0 bridgehead atoms. The number of carboxylic acids is 1. The fraction of sp³-hybridized carbons (Fsp3) is 0.688. The number of piperidine rings is 1. The lowest BCUT2D eigenvalue weighted by Crippen LogP contribution is -2.39. The topological polar surface area (TPSA) is 54.7 Å². The van der Waals surface area contributed by atoms with Crippen molar-refractivity contribution in [1.82, 2.24) is 9.47 Å². The molecule has 2 saturated heterocycles. The Bertz CT molecular complexity index is 472. The lowest BCUT2D eigenvalue weighted by molar-refractivity contribution is 0.0329. The molecule has 116 valence electrons. The standard InChI is InChI=1S/C16H24N2O3/c19-16(20)15-4-1-7-18(15)14-5-8-17(9-6-14)11-13-3-2-10-21-12-13/h1,4,7,13-14H,2-3,5-6,8-12H2,(H,19,20).